The first-order valence-corrected chi connectivity index (χ1v) is 11.1. The van der Waals surface area contributed by atoms with Gasteiger partial charge in [-0.15, -0.1) is 10.2 Å². The van der Waals surface area contributed by atoms with Crippen LogP contribution in [0, 0.1) is 0 Å². The molecule has 1 amide bonds. The van der Waals surface area contributed by atoms with Gasteiger partial charge >= 0.3 is 0 Å². The van der Waals surface area contributed by atoms with Crippen molar-refractivity contribution in [2.45, 2.75) is 6.92 Å². The Kier molecular flexibility index (Phi) is 7.31. The van der Waals surface area contributed by atoms with Crippen LogP contribution < -0.4 is 10.7 Å². The number of nitrogens with one attached hydrogen (secondary N) is 2. The van der Waals surface area contributed by atoms with E-state index in [2.05, 4.69) is 30.9 Å². The Labute approximate surface area is 191 Å². The zero-order valence-corrected chi connectivity index (χ0v) is 18.5. The summed E-state index contributed by atoms with van der Waals surface area (Å²) in [5.41, 5.74) is 5.56. The molecule has 32 heavy (non-hydrogen) atoms. The fourth-order valence-electron chi connectivity index (χ4n) is 3.13. The molecule has 0 atom stereocenters. The van der Waals surface area contributed by atoms with Crippen molar-refractivity contribution in [3.05, 3.63) is 71.1 Å². The summed E-state index contributed by atoms with van der Waals surface area (Å²) in [6.45, 7) is 4.55. The van der Waals surface area contributed by atoms with Crippen LogP contribution in [0.5, 0.6) is 0 Å². The second kappa shape index (κ2) is 10.7. The lowest BCUT2D eigenvalue weighted by Gasteiger charge is -2.29. The van der Waals surface area contributed by atoms with E-state index >= 15 is 0 Å². The number of anilines is 1. The average molecular weight is 449 g/mol. The number of nitrogens with zero attached hydrogens (tertiary/aromatic N) is 4. The van der Waals surface area contributed by atoms with Gasteiger partial charge in [0.05, 0.1) is 23.8 Å². The van der Waals surface area contributed by atoms with E-state index in [0.717, 1.165) is 11.3 Å². The van der Waals surface area contributed by atoms with Crippen molar-refractivity contribution in [1.29, 1.82) is 0 Å². The van der Waals surface area contributed by atoms with Gasteiger partial charge in [-0.3, -0.25) is 15.5 Å². The fraction of sp³-hybridized carbons (Fsp3) is 0.217. The quantitative estimate of drug-likeness (QED) is 0.317. The third kappa shape index (κ3) is 5.83. The largest absolute Gasteiger partial charge is 0.378 e. The molecular weight excluding hydrogens is 424 g/mol. The summed E-state index contributed by atoms with van der Waals surface area (Å²) in [6, 6.07) is 19.4. The Morgan fingerprint density at radius 2 is 1.78 bits per heavy atom. The second-order valence-electron chi connectivity index (χ2n) is 7.08. The zero-order valence-electron chi connectivity index (χ0n) is 17.7. The molecule has 4 rings (SSSR count). The predicted molar refractivity (Wildman–Crippen MR) is 131 cm³/mol. The minimum Gasteiger partial charge on any atom is -0.378 e. The predicted octanol–water partition coefficient (Wildman–Crippen LogP) is 3.38. The molecule has 2 N–H and O–H groups in total. The van der Waals surface area contributed by atoms with E-state index in [-0.39, 0.29) is 5.91 Å². The number of amides is 1. The van der Waals surface area contributed by atoms with Crippen LogP contribution in [-0.2, 0) is 9.53 Å². The minimum atomic E-state index is -0.182. The average Bonchev–Trinajstić information content (AvgIpc) is 3.19. The van der Waals surface area contributed by atoms with Gasteiger partial charge in [0.2, 0.25) is 0 Å². The third-order valence-corrected chi connectivity index (χ3v) is 5.64. The number of carbonyl (C=O) groups is 1. The molecule has 0 unspecified atom stereocenters. The summed E-state index contributed by atoms with van der Waals surface area (Å²) in [5.74, 6) is 0.508. The van der Waals surface area contributed by atoms with Gasteiger partial charge in [0.25, 0.3) is 5.91 Å². The molecule has 2 aliphatic rings. The lowest BCUT2D eigenvalue weighted by molar-refractivity contribution is -0.115. The maximum atomic E-state index is 12.3. The Hall–Kier alpha value is -3.43. The van der Waals surface area contributed by atoms with Crippen LogP contribution in [0.4, 0.5) is 5.69 Å². The highest BCUT2D eigenvalue weighted by Crippen LogP contribution is 2.26. The number of amidine groups is 2. The van der Waals surface area contributed by atoms with E-state index in [0.29, 0.717) is 47.9 Å². The molecule has 2 aromatic rings. The molecule has 0 aliphatic carbocycles. The molecule has 2 heterocycles. The molecule has 2 saturated heterocycles. The first-order valence-electron chi connectivity index (χ1n) is 10.3. The first kappa shape index (κ1) is 21.8. The molecular formula is C23H24N6O2S. The number of thioether (sulfide) groups is 1. The Bertz CT molecular complexity index is 1060. The van der Waals surface area contributed by atoms with Gasteiger partial charge < -0.3 is 9.64 Å². The number of hydrogen-bond acceptors (Lipinski definition) is 7. The summed E-state index contributed by atoms with van der Waals surface area (Å²) in [7, 11) is 0. The molecule has 0 aromatic heterocycles. The van der Waals surface area contributed by atoms with Gasteiger partial charge in [-0.05, 0) is 42.5 Å². The lowest BCUT2D eigenvalue weighted by Crippen LogP contribution is -2.44. The molecule has 8 nitrogen and oxygen atoms in total. The molecule has 0 saturated carbocycles. The van der Waals surface area contributed by atoms with Crippen LogP contribution in [0.2, 0.25) is 0 Å². The van der Waals surface area contributed by atoms with Crippen LogP contribution in [-0.4, -0.2) is 53.8 Å². The normalized spacial score (nSPS) is 20.0. The van der Waals surface area contributed by atoms with Crippen molar-refractivity contribution >= 4 is 46.1 Å². The lowest BCUT2D eigenvalue weighted by atomic mass is 10.2. The van der Waals surface area contributed by atoms with Gasteiger partial charge in [-0.1, -0.05) is 48.5 Å². The van der Waals surface area contributed by atoms with Gasteiger partial charge in [-0.2, -0.15) is 5.10 Å². The molecule has 2 aliphatic heterocycles. The van der Waals surface area contributed by atoms with Crippen molar-refractivity contribution in [2.24, 2.45) is 15.3 Å². The molecule has 9 heteroatoms. The molecule has 0 spiro atoms. The summed E-state index contributed by atoms with van der Waals surface area (Å²) in [4.78, 5) is 15.0. The Balaban J connectivity index is 1.52. The van der Waals surface area contributed by atoms with Gasteiger partial charge in [-0.25, -0.2) is 0 Å². The highest BCUT2D eigenvalue weighted by molar-refractivity contribution is 8.18. The number of carbonyl (C=O) groups excluding carboxylic acids is 1. The van der Waals surface area contributed by atoms with Gasteiger partial charge in [0, 0.05) is 13.1 Å². The van der Waals surface area contributed by atoms with Gasteiger partial charge in [0.1, 0.15) is 5.71 Å². The Morgan fingerprint density at radius 3 is 2.50 bits per heavy atom. The molecule has 2 fully saturated rings. The monoisotopic (exact) mass is 448 g/mol. The van der Waals surface area contributed by atoms with Crippen LogP contribution >= 0.6 is 11.8 Å². The topological polar surface area (TPSA) is 90.7 Å². The molecule has 164 valence electrons. The fourth-order valence-corrected chi connectivity index (χ4v) is 3.90. The van der Waals surface area contributed by atoms with Crippen molar-refractivity contribution in [3.8, 4) is 0 Å². The number of hydrazone groups is 1. The SMILES string of the molecule is CC(=N\N=C1\NC(=O)/C(=C/c2ccccc2)S1)/C(=N/Nc1ccccc1)N1CCOCC1. The van der Waals surface area contributed by atoms with E-state index in [1.54, 1.807) is 0 Å². The number of benzene rings is 2. The number of hydrogen-bond donors (Lipinski definition) is 2. The first-order chi connectivity index (χ1) is 15.7. The van der Waals surface area contributed by atoms with E-state index in [1.165, 1.54) is 11.8 Å². The minimum absolute atomic E-state index is 0.182. The smallest absolute Gasteiger partial charge is 0.264 e. The van der Waals surface area contributed by atoms with Crippen molar-refractivity contribution < 1.29 is 9.53 Å². The highest BCUT2D eigenvalue weighted by Gasteiger charge is 2.24. The number of rotatable bonds is 5. The van der Waals surface area contributed by atoms with E-state index in [1.807, 2.05) is 73.7 Å². The molecule has 2 aromatic carbocycles. The van der Waals surface area contributed by atoms with Crippen LogP contribution in [0.15, 0.2) is 80.9 Å². The second-order valence-corrected chi connectivity index (χ2v) is 8.11. The van der Waals surface area contributed by atoms with Crippen LogP contribution in [0.3, 0.4) is 0 Å². The Morgan fingerprint density at radius 1 is 1.09 bits per heavy atom. The van der Waals surface area contributed by atoms with Gasteiger partial charge in [0.15, 0.2) is 11.0 Å². The summed E-state index contributed by atoms with van der Waals surface area (Å²) < 4.78 is 5.46. The van der Waals surface area contributed by atoms with Crippen LogP contribution in [0.25, 0.3) is 6.08 Å². The number of morpholine rings is 1. The van der Waals surface area contributed by atoms with Crippen molar-refractivity contribution in [1.82, 2.24) is 10.2 Å². The summed E-state index contributed by atoms with van der Waals surface area (Å²) in [5, 5.41) is 16.4. The van der Waals surface area contributed by atoms with E-state index in [9.17, 15) is 4.79 Å². The maximum absolute atomic E-state index is 12.3. The maximum Gasteiger partial charge on any atom is 0.264 e. The van der Waals surface area contributed by atoms with Crippen molar-refractivity contribution in [2.75, 3.05) is 31.7 Å². The van der Waals surface area contributed by atoms with E-state index in [4.69, 9.17) is 4.74 Å². The number of para-hydroxylation sites is 1. The standard InChI is InChI=1S/C23H24N6O2S/c1-17(21(29-12-14-31-15-13-29)27-26-19-10-6-3-7-11-19)25-28-23-24-22(30)20(32-23)16-18-8-4-2-5-9-18/h2-11,16,26H,12-15H2,1H3,(H,24,28,30)/b20-16-,25-17+,27-21-. The summed E-state index contributed by atoms with van der Waals surface area (Å²) in [6.07, 6.45) is 1.84. The highest BCUT2D eigenvalue weighted by atomic mass is 32.2. The summed E-state index contributed by atoms with van der Waals surface area (Å²) >= 11 is 1.27. The third-order valence-electron chi connectivity index (χ3n) is 4.74. The number of ether oxygens (including phenoxy) is 1. The zero-order chi connectivity index (χ0) is 22.2. The van der Waals surface area contributed by atoms with Crippen LogP contribution in [0.1, 0.15) is 12.5 Å². The molecule has 0 bridgehead atoms. The molecule has 0 radical (unpaired) electrons. The van der Waals surface area contributed by atoms with E-state index < -0.39 is 0 Å². The van der Waals surface area contributed by atoms with Crippen molar-refractivity contribution in [3.63, 3.8) is 0 Å².